The smallest absolute Gasteiger partial charge is 0.143 e. The molecule has 4 N–H and O–H groups in total. The van der Waals surface area contributed by atoms with E-state index in [0.717, 1.165) is 11.4 Å². The zero-order chi connectivity index (χ0) is 11.7. The molecule has 0 aliphatic rings. The highest BCUT2D eigenvalue weighted by Crippen LogP contribution is 2.24. The number of hydrogen-bond acceptors (Lipinski definition) is 3. The maximum atomic E-state index is 5.72. The van der Waals surface area contributed by atoms with Gasteiger partial charge in [0.15, 0.2) is 0 Å². The number of benzene rings is 2. The fourth-order valence-electron chi connectivity index (χ4n) is 1.82. The summed E-state index contributed by atoms with van der Waals surface area (Å²) in [5, 5.41) is 12.2. The highest BCUT2D eigenvalue weighted by atomic mass is 15.2. The summed E-state index contributed by atoms with van der Waals surface area (Å²) in [5.74, 6) is 0.540. The Balaban J connectivity index is 1.99. The van der Waals surface area contributed by atoms with Crippen molar-refractivity contribution in [3.8, 4) is 0 Å². The molecule has 0 spiro atoms. The highest BCUT2D eigenvalue weighted by Gasteiger charge is 2.01. The van der Waals surface area contributed by atoms with E-state index in [9.17, 15) is 0 Å². The number of nitrogens with one attached hydrogen (secondary N) is 2. The second-order valence-corrected chi connectivity index (χ2v) is 3.88. The molecular formula is C13H12N4. The summed E-state index contributed by atoms with van der Waals surface area (Å²) in [7, 11) is 0. The topological polar surface area (TPSA) is 66.7 Å². The number of aromatic amines is 1. The minimum Gasteiger partial charge on any atom is -0.382 e. The lowest BCUT2D eigenvalue weighted by Crippen LogP contribution is -1.93. The van der Waals surface area contributed by atoms with Crippen LogP contribution in [0.4, 0.5) is 17.2 Å². The molecular weight excluding hydrogens is 212 g/mol. The van der Waals surface area contributed by atoms with Crippen LogP contribution < -0.4 is 11.1 Å². The Bertz CT molecular complexity index is 657. The van der Waals surface area contributed by atoms with Crippen LogP contribution in [-0.4, -0.2) is 10.2 Å². The number of anilines is 3. The minimum atomic E-state index is 0.540. The van der Waals surface area contributed by atoms with E-state index in [1.807, 2.05) is 18.2 Å². The van der Waals surface area contributed by atoms with Gasteiger partial charge in [0.2, 0.25) is 0 Å². The summed E-state index contributed by atoms with van der Waals surface area (Å²) in [6, 6.07) is 14.4. The lowest BCUT2D eigenvalue weighted by atomic mass is 10.1. The average Bonchev–Trinajstić information content (AvgIpc) is 2.75. The maximum absolute atomic E-state index is 5.72. The van der Waals surface area contributed by atoms with Crippen LogP contribution in [0.2, 0.25) is 0 Å². The van der Waals surface area contributed by atoms with Gasteiger partial charge in [0.25, 0.3) is 0 Å². The highest BCUT2D eigenvalue weighted by molar-refractivity contribution is 5.86. The maximum Gasteiger partial charge on any atom is 0.143 e. The predicted octanol–water partition coefficient (Wildman–Crippen LogP) is 2.89. The van der Waals surface area contributed by atoms with E-state index in [1.165, 1.54) is 10.8 Å². The predicted molar refractivity (Wildman–Crippen MR) is 70.2 cm³/mol. The lowest BCUT2D eigenvalue weighted by Gasteiger charge is -2.06. The standard InChI is InChI=1S/C13H12N4/c14-13-12(8-15-17-13)16-11-6-5-9-3-1-2-4-10(9)7-11/h1-8,16H,(H3,14,15,17). The molecule has 1 heterocycles. The third kappa shape index (κ3) is 1.80. The van der Waals surface area contributed by atoms with Crippen molar-refractivity contribution in [2.75, 3.05) is 11.1 Å². The molecule has 0 radical (unpaired) electrons. The van der Waals surface area contributed by atoms with Gasteiger partial charge in [-0.05, 0) is 22.9 Å². The number of nitrogens with two attached hydrogens (primary N) is 1. The molecule has 3 aromatic rings. The van der Waals surface area contributed by atoms with Crippen LogP contribution in [0.1, 0.15) is 0 Å². The Morgan fingerprint density at radius 3 is 2.65 bits per heavy atom. The fraction of sp³-hybridized carbons (Fsp3) is 0. The Hall–Kier alpha value is -2.49. The van der Waals surface area contributed by atoms with Crippen LogP contribution in [0.3, 0.4) is 0 Å². The van der Waals surface area contributed by atoms with Gasteiger partial charge in [-0.25, -0.2) is 0 Å². The number of H-pyrrole nitrogens is 1. The summed E-state index contributed by atoms with van der Waals surface area (Å²) < 4.78 is 0. The van der Waals surface area contributed by atoms with Gasteiger partial charge in [0.05, 0.1) is 6.20 Å². The molecule has 0 fully saturated rings. The molecule has 0 bridgehead atoms. The molecule has 0 saturated carbocycles. The SMILES string of the molecule is Nc1[nH]ncc1Nc1ccc2ccccc2c1. The number of fused-ring (bicyclic) bond motifs is 1. The van der Waals surface area contributed by atoms with E-state index in [2.05, 4.69) is 39.8 Å². The zero-order valence-electron chi connectivity index (χ0n) is 9.14. The van der Waals surface area contributed by atoms with E-state index < -0.39 is 0 Å². The van der Waals surface area contributed by atoms with E-state index in [0.29, 0.717) is 5.82 Å². The molecule has 0 amide bonds. The van der Waals surface area contributed by atoms with Crippen LogP contribution in [0.5, 0.6) is 0 Å². The molecule has 2 aromatic carbocycles. The number of nitrogens with zero attached hydrogens (tertiary/aromatic N) is 1. The first kappa shape index (κ1) is 9.72. The Morgan fingerprint density at radius 1 is 1.06 bits per heavy atom. The minimum absolute atomic E-state index is 0.540. The van der Waals surface area contributed by atoms with Gasteiger partial charge < -0.3 is 11.1 Å². The first-order valence-corrected chi connectivity index (χ1v) is 5.37. The van der Waals surface area contributed by atoms with Crippen molar-refractivity contribution in [2.24, 2.45) is 0 Å². The molecule has 0 atom stereocenters. The van der Waals surface area contributed by atoms with Gasteiger partial charge in [0.1, 0.15) is 11.5 Å². The van der Waals surface area contributed by atoms with Gasteiger partial charge >= 0.3 is 0 Å². The summed E-state index contributed by atoms with van der Waals surface area (Å²) in [5.41, 5.74) is 7.51. The third-order valence-electron chi connectivity index (χ3n) is 2.70. The van der Waals surface area contributed by atoms with E-state index in [1.54, 1.807) is 6.20 Å². The fourth-order valence-corrected chi connectivity index (χ4v) is 1.82. The second-order valence-electron chi connectivity index (χ2n) is 3.88. The number of hydrogen-bond donors (Lipinski definition) is 3. The van der Waals surface area contributed by atoms with Crippen molar-refractivity contribution in [2.45, 2.75) is 0 Å². The molecule has 17 heavy (non-hydrogen) atoms. The van der Waals surface area contributed by atoms with Crippen LogP contribution in [0.25, 0.3) is 10.8 Å². The van der Waals surface area contributed by atoms with Crippen LogP contribution in [0, 0.1) is 0 Å². The third-order valence-corrected chi connectivity index (χ3v) is 2.70. The summed E-state index contributed by atoms with van der Waals surface area (Å²) in [6.07, 6.45) is 1.67. The second kappa shape index (κ2) is 3.83. The van der Waals surface area contributed by atoms with Gasteiger partial charge in [-0.1, -0.05) is 30.3 Å². The molecule has 4 heteroatoms. The van der Waals surface area contributed by atoms with Crippen molar-refractivity contribution in [1.82, 2.24) is 10.2 Å². The Labute approximate surface area is 98.5 Å². The van der Waals surface area contributed by atoms with Gasteiger partial charge in [-0.15, -0.1) is 0 Å². The molecule has 3 rings (SSSR count). The molecule has 84 valence electrons. The first-order chi connectivity index (χ1) is 8.33. The van der Waals surface area contributed by atoms with Crippen LogP contribution in [-0.2, 0) is 0 Å². The Morgan fingerprint density at radius 2 is 1.88 bits per heavy atom. The van der Waals surface area contributed by atoms with Crippen molar-refractivity contribution >= 4 is 28.0 Å². The van der Waals surface area contributed by atoms with Gasteiger partial charge in [-0.2, -0.15) is 5.10 Å². The normalized spacial score (nSPS) is 10.6. The number of aromatic nitrogens is 2. The number of nitrogen functional groups attached to an aromatic ring is 1. The number of rotatable bonds is 2. The van der Waals surface area contributed by atoms with E-state index in [-0.39, 0.29) is 0 Å². The van der Waals surface area contributed by atoms with E-state index >= 15 is 0 Å². The molecule has 0 aliphatic carbocycles. The molecule has 0 unspecified atom stereocenters. The average molecular weight is 224 g/mol. The van der Waals surface area contributed by atoms with Crippen LogP contribution >= 0.6 is 0 Å². The molecule has 0 saturated heterocycles. The molecule has 0 aliphatic heterocycles. The summed E-state index contributed by atoms with van der Waals surface area (Å²) in [6.45, 7) is 0. The summed E-state index contributed by atoms with van der Waals surface area (Å²) in [4.78, 5) is 0. The largest absolute Gasteiger partial charge is 0.382 e. The molecule has 4 nitrogen and oxygen atoms in total. The van der Waals surface area contributed by atoms with Crippen molar-refractivity contribution in [3.63, 3.8) is 0 Å². The van der Waals surface area contributed by atoms with Gasteiger partial charge in [-0.3, -0.25) is 5.10 Å². The Kier molecular flexibility index (Phi) is 2.19. The van der Waals surface area contributed by atoms with Crippen molar-refractivity contribution < 1.29 is 0 Å². The van der Waals surface area contributed by atoms with Gasteiger partial charge in [0, 0.05) is 5.69 Å². The quantitative estimate of drug-likeness (QED) is 0.627. The molecule has 1 aromatic heterocycles. The summed E-state index contributed by atoms with van der Waals surface area (Å²) >= 11 is 0. The van der Waals surface area contributed by atoms with E-state index in [4.69, 9.17) is 5.73 Å². The monoisotopic (exact) mass is 224 g/mol. The van der Waals surface area contributed by atoms with Crippen molar-refractivity contribution in [3.05, 3.63) is 48.7 Å². The lowest BCUT2D eigenvalue weighted by molar-refractivity contribution is 1.10. The first-order valence-electron chi connectivity index (χ1n) is 5.37. The zero-order valence-corrected chi connectivity index (χ0v) is 9.14. The van der Waals surface area contributed by atoms with Crippen LogP contribution in [0.15, 0.2) is 48.7 Å². The van der Waals surface area contributed by atoms with Crippen molar-refractivity contribution in [1.29, 1.82) is 0 Å².